The molecule has 2 fully saturated rings. The summed E-state index contributed by atoms with van der Waals surface area (Å²) in [6, 6.07) is 0. The number of hydrogen-bond acceptors (Lipinski definition) is 1. The van der Waals surface area contributed by atoms with E-state index in [2.05, 4.69) is 20.8 Å². The third kappa shape index (κ3) is 0.796. The minimum atomic E-state index is 0.358. The molecule has 0 amide bonds. The Balaban J connectivity index is 2.02. The van der Waals surface area contributed by atoms with Crippen molar-refractivity contribution in [3.8, 4) is 0 Å². The molecule has 0 bridgehead atoms. The van der Waals surface area contributed by atoms with Gasteiger partial charge in [0.25, 0.3) is 0 Å². The molecular weight excluding hydrogens is 172 g/mol. The van der Waals surface area contributed by atoms with Crippen molar-refractivity contribution in [3.63, 3.8) is 0 Å². The molecule has 3 atom stereocenters. The summed E-state index contributed by atoms with van der Waals surface area (Å²) >= 11 is 0. The summed E-state index contributed by atoms with van der Waals surface area (Å²) < 4.78 is 0. The van der Waals surface area contributed by atoms with Crippen LogP contribution in [0.25, 0.3) is 0 Å². The van der Waals surface area contributed by atoms with Crippen molar-refractivity contribution >= 4 is 5.78 Å². The van der Waals surface area contributed by atoms with Gasteiger partial charge < -0.3 is 0 Å². The van der Waals surface area contributed by atoms with E-state index < -0.39 is 0 Å². The van der Waals surface area contributed by atoms with Crippen LogP contribution in [0.3, 0.4) is 0 Å². The lowest BCUT2D eigenvalue weighted by molar-refractivity contribution is -0.115. The first-order chi connectivity index (χ1) is 6.46. The van der Waals surface area contributed by atoms with Crippen molar-refractivity contribution in [2.45, 2.75) is 40.0 Å². The molecule has 0 radical (unpaired) electrons. The van der Waals surface area contributed by atoms with Crippen LogP contribution in [0.1, 0.15) is 40.0 Å². The molecule has 0 heterocycles. The summed E-state index contributed by atoms with van der Waals surface area (Å²) in [7, 11) is 0. The molecule has 3 aliphatic rings. The van der Waals surface area contributed by atoms with Crippen molar-refractivity contribution < 1.29 is 4.79 Å². The van der Waals surface area contributed by atoms with Crippen LogP contribution in [0.4, 0.5) is 0 Å². The van der Waals surface area contributed by atoms with Crippen LogP contribution in [0.2, 0.25) is 0 Å². The van der Waals surface area contributed by atoms with Gasteiger partial charge in [-0.25, -0.2) is 0 Å². The zero-order chi connectivity index (χ0) is 10.1. The van der Waals surface area contributed by atoms with E-state index in [9.17, 15) is 4.79 Å². The van der Waals surface area contributed by atoms with Gasteiger partial charge >= 0.3 is 0 Å². The Kier molecular flexibility index (Phi) is 1.34. The molecule has 0 N–H and O–H groups in total. The SMILES string of the molecule is CC12CCC(=O)C=C1C[C@@H]1C2C1(C)C. The number of carbonyl (C=O) groups is 1. The van der Waals surface area contributed by atoms with Crippen LogP contribution in [-0.4, -0.2) is 5.78 Å². The molecule has 3 rings (SSSR count). The van der Waals surface area contributed by atoms with Gasteiger partial charge in [-0.05, 0) is 41.6 Å². The highest BCUT2D eigenvalue weighted by Gasteiger charge is 2.70. The Morgan fingerprint density at radius 1 is 1.36 bits per heavy atom. The molecule has 14 heavy (non-hydrogen) atoms. The van der Waals surface area contributed by atoms with E-state index in [1.807, 2.05) is 6.08 Å². The van der Waals surface area contributed by atoms with Gasteiger partial charge in [0.1, 0.15) is 0 Å². The molecule has 2 saturated carbocycles. The minimum Gasteiger partial charge on any atom is -0.295 e. The fourth-order valence-corrected chi connectivity index (χ4v) is 4.25. The van der Waals surface area contributed by atoms with E-state index in [0.29, 0.717) is 16.6 Å². The smallest absolute Gasteiger partial charge is 0.155 e. The molecule has 2 unspecified atom stereocenters. The third-order valence-corrected chi connectivity index (χ3v) is 5.14. The average molecular weight is 190 g/mol. The molecular formula is C13H18O. The summed E-state index contributed by atoms with van der Waals surface area (Å²) in [6.07, 6.45) is 5.02. The minimum absolute atomic E-state index is 0.358. The first kappa shape index (κ1) is 8.70. The van der Waals surface area contributed by atoms with Gasteiger partial charge in [0, 0.05) is 6.42 Å². The monoisotopic (exact) mass is 190 g/mol. The molecule has 0 aromatic rings. The summed E-state index contributed by atoms with van der Waals surface area (Å²) in [5.41, 5.74) is 2.39. The van der Waals surface area contributed by atoms with Gasteiger partial charge in [0.05, 0.1) is 0 Å². The number of ketones is 1. The Morgan fingerprint density at radius 2 is 2.07 bits per heavy atom. The lowest BCUT2D eigenvalue weighted by atomic mass is 9.69. The highest BCUT2D eigenvalue weighted by Crippen LogP contribution is 2.76. The van der Waals surface area contributed by atoms with Crippen LogP contribution < -0.4 is 0 Å². The predicted molar refractivity (Wildman–Crippen MR) is 55.8 cm³/mol. The molecule has 3 aliphatic carbocycles. The quantitative estimate of drug-likeness (QED) is 0.574. The van der Waals surface area contributed by atoms with E-state index in [0.717, 1.165) is 24.7 Å². The van der Waals surface area contributed by atoms with E-state index in [1.165, 1.54) is 12.0 Å². The highest BCUT2D eigenvalue weighted by molar-refractivity contribution is 5.92. The summed E-state index contributed by atoms with van der Waals surface area (Å²) in [5.74, 6) is 2.08. The van der Waals surface area contributed by atoms with Gasteiger partial charge in [-0.3, -0.25) is 4.79 Å². The zero-order valence-corrected chi connectivity index (χ0v) is 9.26. The number of hydrogen-bond donors (Lipinski definition) is 0. The largest absolute Gasteiger partial charge is 0.295 e. The van der Waals surface area contributed by atoms with Crippen molar-refractivity contribution in [2.75, 3.05) is 0 Å². The van der Waals surface area contributed by atoms with E-state index in [-0.39, 0.29) is 0 Å². The second kappa shape index (κ2) is 2.15. The molecule has 0 aromatic carbocycles. The molecule has 0 aromatic heterocycles. The fraction of sp³-hybridized carbons (Fsp3) is 0.769. The van der Waals surface area contributed by atoms with Crippen molar-refractivity contribution in [2.24, 2.45) is 22.7 Å². The maximum absolute atomic E-state index is 11.4. The first-order valence-electron chi connectivity index (χ1n) is 5.70. The van der Waals surface area contributed by atoms with E-state index >= 15 is 0 Å². The highest BCUT2D eigenvalue weighted by atomic mass is 16.1. The molecule has 1 nitrogen and oxygen atoms in total. The van der Waals surface area contributed by atoms with Crippen LogP contribution in [0, 0.1) is 22.7 Å². The van der Waals surface area contributed by atoms with E-state index in [1.54, 1.807) is 0 Å². The van der Waals surface area contributed by atoms with Crippen molar-refractivity contribution in [1.82, 2.24) is 0 Å². The maximum atomic E-state index is 11.4. The van der Waals surface area contributed by atoms with Gasteiger partial charge in [-0.2, -0.15) is 0 Å². The summed E-state index contributed by atoms with van der Waals surface area (Å²) in [4.78, 5) is 11.4. The number of rotatable bonds is 0. The number of carbonyl (C=O) groups excluding carboxylic acids is 1. The van der Waals surface area contributed by atoms with E-state index in [4.69, 9.17) is 0 Å². The maximum Gasteiger partial charge on any atom is 0.155 e. The fourth-order valence-electron chi connectivity index (χ4n) is 4.25. The second-order valence-electron chi connectivity index (χ2n) is 6.16. The molecule has 0 spiro atoms. The zero-order valence-electron chi connectivity index (χ0n) is 9.26. The van der Waals surface area contributed by atoms with Gasteiger partial charge in [-0.15, -0.1) is 0 Å². The molecule has 0 saturated heterocycles. The van der Waals surface area contributed by atoms with Gasteiger partial charge in [0.2, 0.25) is 0 Å². The third-order valence-electron chi connectivity index (χ3n) is 5.14. The van der Waals surface area contributed by atoms with Crippen LogP contribution in [0.15, 0.2) is 11.6 Å². The average Bonchev–Trinajstić information content (AvgIpc) is 2.51. The van der Waals surface area contributed by atoms with Crippen LogP contribution in [0.5, 0.6) is 0 Å². The first-order valence-corrected chi connectivity index (χ1v) is 5.70. The number of fused-ring (bicyclic) bond motifs is 3. The normalized spacial score (nSPS) is 48.2. The summed E-state index contributed by atoms with van der Waals surface area (Å²) in [6.45, 7) is 7.16. The lowest BCUT2D eigenvalue weighted by Gasteiger charge is -2.34. The van der Waals surface area contributed by atoms with Gasteiger partial charge in [0.15, 0.2) is 5.78 Å². The topological polar surface area (TPSA) is 17.1 Å². The Labute approximate surface area is 85.6 Å². The van der Waals surface area contributed by atoms with Gasteiger partial charge in [-0.1, -0.05) is 26.3 Å². The Morgan fingerprint density at radius 3 is 2.79 bits per heavy atom. The molecule has 0 aliphatic heterocycles. The Bertz CT molecular complexity index is 350. The van der Waals surface area contributed by atoms with Crippen molar-refractivity contribution in [1.29, 1.82) is 0 Å². The number of allylic oxidation sites excluding steroid dienone is 2. The summed E-state index contributed by atoms with van der Waals surface area (Å²) in [5, 5.41) is 0. The van der Waals surface area contributed by atoms with Crippen LogP contribution >= 0.6 is 0 Å². The standard InChI is InChI=1S/C13H18O/c1-12(2)10-7-8-6-9(14)4-5-13(8,3)11(10)12/h6,10-11H,4-5,7H2,1-3H3/t10-,11?,13?/m1/s1. The Hall–Kier alpha value is -0.590. The second-order valence-corrected chi connectivity index (χ2v) is 6.16. The molecule has 1 heteroatoms. The lowest BCUT2D eigenvalue weighted by Crippen LogP contribution is -2.27. The molecule has 76 valence electrons. The van der Waals surface area contributed by atoms with Crippen molar-refractivity contribution in [3.05, 3.63) is 11.6 Å². The predicted octanol–water partition coefficient (Wildman–Crippen LogP) is 2.96. The van der Waals surface area contributed by atoms with Crippen LogP contribution in [-0.2, 0) is 4.79 Å².